The smallest absolute Gasteiger partial charge is 0.0620 e. The highest BCUT2D eigenvalue weighted by molar-refractivity contribution is 4.62. The molecule has 0 fully saturated rings. The summed E-state index contributed by atoms with van der Waals surface area (Å²) >= 11 is 0. The standard InChI is InChI=1S/C12H27NO2/c1-3-4-5-6-7-10-15-11-12(13-2)8-9-14/h12-14H,3-11H2,1-2H3. The first-order valence-corrected chi connectivity index (χ1v) is 6.21. The molecule has 0 radical (unpaired) electrons. The molecule has 0 saturated heterocycles. The van der Waals surface area contributed by atoms with Gasteiger partial charge in [0.25, 0.3) is 0 Å². The second-order valence-electron chi connectivity index (χ2n) is 3.99. The summed E-state index contributed by atoms with van der Waals surface area (Å²) in [6.07, 6.45) is 7.16. The van der Waals surface area contributed by atoms with E-state index in [4.69, 9.17) is 9.84 Å². The Labute approximate surface area is 94.2 Å². The maximum Gasteiger partial charge on any atom is 0.0620 e. The van der Waals surface area contributed by atoms with Gasteiger partial charge in [-0.2, -0.15) is 0 Å². The van der Waals surface area contributed by atoms with Gasteiger partial charge in [0.15, 0.2) is 0 Å². The molecule has 0 saturated carbocycles. The van der Waals surface area contributed by atoms with E-state index in [-0.39, 0.29) is 6.61 Å². The molecule has 92 valence electrons. The van der Waals surface area contributed by atoms with Gasteiger partial charge in [0.2, 0.25) is 0 Å². The number of hydrogen-bond acceptors (Lipinski definition) is 3. The second-order valence-corrected chi connectivity index (χ2v) is 3.99. The molecule has 0 aliphatic heterocycles. The lowest BCUT2D eigenvalue weighted by Gasteiger charge is -2.14. The van der Waals surface area contributed by atoms with Gasteiger partial charge in [-0.05, 0) is 19.9 Å². The lowest BCUT2D eigenvalue weighted by Crippen LogP contribution is -2.31. The fraction of sp³-hybridized carbons (Fsp3) is 1.00. The van der Waals surface area contributed by atoms with Gasteiger partial charge in [-0.15, -0.1) is 0 Å². The maximum absolute atomic E-state index is 8.77. The van der Waals surface area contributed by atoms with Crippen molar-refractivity contribution in [1.29, 1.82) is 0 Å². The van der Waals surface area contributed by atoms with Crippen LogP contribution in [0.5, 0.6) is 0 Å². The molecule has 3 nitrogen and oxygen atoms in total. The Morgan fingerprint density at radius 3 is 2.53 bits per heavy atom. The summed E-state index contributed by atoms with van der Waals surface area (Å²) in [4.78, 5) is 0. The third-order valence-corrected chi connectivity index (χ3v) is 2.60. The highest BCUT2D eigenvalue weighted by Gasteiger charge is 2.04. The number of aliphatic hydroxyl groups excluding tert-OH is 1. The number of unbranched alkanes of at least 4 members (excludes halogenated alkanes) is 4. The SMILES string of the molecule is CCCCCCCOCC(CCO)NC. The van der Waals surface area contributed by atoms with Crippen LogP contribution in [0.25, 0.3) is 0 Å². The van der Waals surface area contributed by atoms with Crippen LogP contribution in [0, 0.1) is 0 Å². The Kier molecular flexibility index (Phi) is 11.9. The molecule has 0 aromatic rings. The van der Waals surface area contributed by atoms with Crippen molar-refractivity contribution < 1.29 is 9.84 Å². The number of nitrogens with one attached hydrogen (secondary N) is 1. The van der Waals surface area contributed by atoms with Gasteiger partial charge in [-0.3, -0.25) is 0 Å². The van der Waals surface area contributed by atoms with E-state index in [9.17, 15) is 0 Å². The second kappa shape index (κ2) is 12.0. The van der Waals surface area contributed by atoms with Crippen molar-refractivity contribution in [3.05, 3.63) is 0 Å². The molecule has 0 aliphatic rings. The summed E-state index contributed by atoms with van der Waals surface area (Å²) in [5.74, 6) is 0. The van der Waals surface area contributed by atoms with Crippen LogP contribution in [0.4, 0.5) is 0 Å². The largest absolute Gasteiger partial charge is 0.396 e. The summed E-state index contributed by atoms with van der Waals surface area (Å²) in [5, 5.41) is 11.9. The zero-order valence-corrected chi connectivity index (χ0v) is 10.3. The van der Waals surface area contributed by atoms with E-state index in [1.54, 1.807) is 0 Å². The summed E-state index contributed by atoms with van der Waals surface area (Å²) in [6, 6.07) is 0.297. The molecule has 1 unspecified atom stereocenters. The number of aliphatic hydroxyl groups is 1. The van der Waals surface area contributed by atoms with E-state index in [1.807, 2.05) is 7.05 Å². The van der Waals surface area contributed by atoms with E-state index >= 15 is 0 Å². The van der Waals surface area contributed by atoms with Crippen LogP contribution >= 0.6 is 0 Å². The van der Waals surface area contributed by atoms with Crippen molar-refractivity contribution in [1.82, 2.24) is 5.32 Å². The zero-order chi connectivity index (χ0) is 11.4. The monoisotopic (exact) mass is 217 g/mol. The minimum atomic E-state index is 0.228. The molecule has 15 heavy (non-hydrogen) atoms. The van der Waals surface area contributed by atoms with Gasteiger partial charge in [0.05, 0.1) is 6.61 Å². The molecule has 0 aromatic heterocycles. The molecule has 0 spiro atoms. The predicted molar refractivity (Wildman–Crippen MR) is 64.1 cm³/mol. The molecule has 0 aliphatic carbocycles. The first-order chi connectivity index (χ1) is 7.35. The Morgan fingerprint density at radius 1 is 1.20 bits per heavy atom. The number of likely N-dealkylation sites (N-methyl/N-ethyl adjacent to an activating group) is 1. The molecule has 0 rings (SSSR count). The Hall–Kier alpha value is -0.120. The first-order valence-electron chi connectivity index (χ1n) is 6.21. The quantitative estimate of drug-likeness (QED) is 0.520. The van der Waals surface area contributed by atoms with Gasteiger partial charge in [0, 0.05) is 19.3 Å². The Balaban J connectivity index is 3.14. The molecule has 2 N–H and O–H groups in total. The van der Waals surface area contributed by atoms with Crippen LogP contribution in [0.1, 0.15) is 45.4 Å². The Bertz CT molecular complexity index is 120. The van der Waals surface area contributed by atoms with Gasteiger partial charge in [-0.1, -0.05) is 32.6 Å². The maximum atomic E-state index is 8.77. The van der Waals surface area contributed by atoms with Crippen LogP contribution in [0.15, 0.2) is 0 Å². The molecule has 0 bridgehead atoms. The lowest BCUT2D eigenvalue weighted by atomic mass is 10.2. The summed E-state index contributed by atoms with van der Waals surface area (Å²) in [5.41, 5.74) is 0. The molecule has 0 amide bonds. The fourth-order valence-electron chi connectivity index (χ4n) is 1.50. The topological polar surface area (TPSA) is 41.5 Å². The summed E-state index contributed by atoms with van der Waals surface area (Å²) < 4.78 is 5.55. The number of hydrogen-bond donors (Lipinski definition) is 2. The van der Waals surface area contributed by atoms with E-state index in [0.29, 0.717) is 12.6 Å². The van der Waals surface area contributed by atoms with Crippen molar-refractivity contribution in [2.24, 2.45) is 0 Å². The van der Waals surface area contributed by atoms with E-state index in [1.165, 1.54) is 25.7 Å². The first kappa shape index (κ1) is 14.9. The zero-order valence-electron chi connectivity index (χ0n) is 10.3. The van der Waals surface area contributed by atoms with Crippen molar-refractivity contribution in [2.45, 2.75) is 51.5 Å². The van der Waals surface area contributed by atoms with Crippen molar-refractivity contribution in [3.63, 3.8) is 0 Å². The highest BCUT2D eigenvalue weighted by atomic mass is 16.5. The van der Waals surface area contributed by atoms with Crippen LogP contribution in [-0.2, 0) is 4.74 Å². The third kappa shape index (κ3) is 10.2. The molecule has 0 heterocycles. The average Bonchev–Trinajstić information content (AvgIpc) is 2.26. The molecule has 3 heteroatoms. The minimum absolute atomic E-state index is 0.228. The van der Waals surface area contributed by atoms with E-state index in [2.05, 4.69) is 12.2 Å². The summed E-state index contributed by atoms with van der Waals surface area (Å²) in [6.45, 7) is 4.02. The van der Waals surface area contributed by atoms with E-state index < -0.39 is 0 Å². The van der Waals surface area contributed by atoms with Gasteiger partial charge < -0.3 is 15.2 Å². The lowest BCUT2D eigenvalue weighted by molar-refractivity contribution is 0.101. The van der Waals surface area contributed by atoms with Crippen LogP contribution in [0.2, 0.25) is 0 Å². The third-order valence-electron chi connectivity index (χ3n) is 2.60. The van der Waals surface area contributed by atoms with Crippen molar-refractivity contribution >= 4 is 0 Å². The van der Waals surface area contributed by atoms with Crippen molar-refractivity contribution in [3.8, 4) is 0 Å². The van der Waals surface area contributed by atoms with Gasteiger partial charge in [-0.25, -0.2) is 0 Å². The molecule has 1 atom stereocenters. The average molecular weight is 217 g/mol. The van der Waals surface area contributed by atoms with Gasteiger partial charge >= 0.3 is 0 Å². The molecular weight excluding hydrogens is 190 g/mol. The highest BCUT2D eigenvalue weighted by Crippen LogP contribution is 2.02. The minimum Gasteiger partial charge on any atom is -0.396 e. The predicted octanol–water partition coefficient (Wildman–Crippen LogP) is 1.94. The van der Waals surface area contributed by atoms with Gasteiger partial charge in [0.1, 0.15) is 0 Å². The van der Waals surface area contributed by atoms with E-state index in [0.717, 1.165) is 19.4 Å². The molecular formula is C12H27NO2. The van der Waals surface area contributed by atoms with Crippen LogP contribution < -0.4 is 5.32 Å². The van der Waals surface area contributed by atoms with Crippen LogP contribution in [-0.4, -0.2) is 38.0 Å². The normalized spacial score (nSPS) is 13.0. The van der Waals surface area contributed by atoms with Crippen LogP contribution in [0.3, 0.4) is 0 Å². The fourth-order valence-corrected chi connectivity index (χ4v) is 1.50. The Morgan fingerprint density at radius 2 is 1.93 bits per heavy atom. The van der Waals surface area contributed by atoms with Crippen molar-refractivity contribution in [2.75, 3.05) is 26.9 Å². The molecule has 0 aromatic carbocycles. The number of rotatable bonds is 11. The summed E-state index contributed by atoms with van der Waals surface area (Å²) in [7, 11) is 1.91. The number of ether oxygens (including phenoxy) is 1.